The zero-order valence-electron chi connectivity index (χ0n) is 11.2. The van der Waals surface area contributed by atoms with Gasteiger partial charge >= 0.3 is 0 Å². The van der Waals surface area contributed by atoms with Crippen LogP contribution in [0.1, 0.15) is 11.1 Å². The zero-order valence-corrected chi connectivity index (χ0v) is 12.8. The van der Waals surface area contributed by atoms with Gasteiger partial charge < -0.3 is 5.32 Å². The van der Waals surface area contributed by atoms with Crippen molar-refractivity contribution < 1.29 is 4.79 Å². The number of hydrogen-bond acceptors (Lipinski definition) is 2. The number of rotatable bonds is 5. The van der Waals surface area contributed by atoms with E-state index in [1.165, 1.54) is 17.3 Å². The number of carbonyl (C=O) groups excluding carboxylic acids is 1. The molecule has 0 aliphatic rings. The van der Waals surface area contributed by atoms with Gasteiger partial charge in [0.15, 0.2) is 0 Å². The van der Waals surface area contributed by atoms with Gasteiger partial charge in [-0.2, -0.15) is 0 Å². The van der Waals surface area contributed by atoms with Gasteiger partial charge in [-0.3, -0.25) is 4.79 Å². The highest BCUT2D eigenvalue weighted by molar-refractivity contribution is 8.00. The Kier molecular flexibility index (Phi) is 5.50. The van der Waals surface area contributed by atoms with Crippen molar-refractivity contribution in [3.05, 3.63) is 64.7 Å². The first-order valence-electron chi connectivity index (χ1n) is 6.35. The molecule has 0 bridgehead atoms. The lowest BCUT2D eigenvalue weighted by Crippen LogP contribution is -2.24. The standard InChI is InChI=1S/C16H16ClNOS/c1-12-4-2-3-5-13(12)10-18-16(19)11-20-15-8-6-14(17)7-9-15/h2-9H,10-11H2,1H3,(H,18,19). The Morgan fingerprint density at radius 1 is 1.15 bits per heavy atom. The minimum atomic E-state index is 0.0354. The minimum Gasteiger partial charge on any atom is -0.351 e. The third-order valence-electron chi connectivity index (χ3n) is 2.92. The van der Waals surface area contributed by atoms with Crippen LogP contribution >= 0.6 is 23.4 Å². The molecule has 4 heteroatoms. The van der Waals surface area contributed by atoms with Crippen molar-refractivity contribution in [1.29, 1.82) is 0 Å². The zero-order chi connectivity index (χ0) is 14.4. The van der Waals surface area contributed by atoms with E-state index in [2.05, 4.69) is 5.32 Å². The minimum absolute atomic E-state index is 0.0354. The molecule has 0 radical (unpaired) electrons. The molecule has 2 aromatic rings. The summed E-state index contributed by atoms with van der Waals surface area (Å²) in [5.74, 6) is 0.446. The Labute approximate surface area is 128 Å². The number of hydrogen-bond donors (Lipinski definition) is 1. The second-order valence-corrected chi connectivity index (χ2v) is 5.93. The number of halogens is 1. The van der Waals surface area contributed by atoms with Gasteiger partial charge in [0.2, 0.25) is 5.91 Å². The van der Waals surface area contributed by atoms with Crippen molar-refractivity contribution in [3.63, 3.8) is 0 Å². The first kappa shape index (κ1) is 14.9. The van der Waals surface area contributed by atoms with E-state index in [1.54, 1.807) is 0 Å². The quantitative estimate of drug-likeness (QED) is 0.844. The molecule has 0 saturated heterocycles. The van der Waals surface area contributed by atoms with Crippen molar-refractivity contribution in [2.24, 2.45) is 0 Å². The molecule has 0 aromatic heterocycles. The second kappa shape index (κ2) is 7.36. The highest BCUT2D eigenvalue weighted by Gasteiger charge is 2.04. The summed E-state index contributed by atoms with van der Waals surface area (Å²) in [7, 11) is 0. The Bertz CT molecular complexity index is 583. The van der Waals surface area contributed by atoms with E-state index < -0.39 is 0 Å². The highest BCUT2D eigenvalue weighted by Crippen LogP contribution is 2.20. The van der Waals surface area contributed by atoms with E-state index in [1.807, 2.05) is 55.5 Å². The normalized spacial score (nSPS) is 10.3. The highest BCUT2D eigenvalue weighted by atomic mass is 35.5. The Hall–Kier alpha value is -1.45. The largest absolute Gasteiger partial charge is 0.351 e. The molecule has 104 valence electrons. The summed E-state index contributed by atoms with van der Waals surface area (Å²) in [6, 6.07) is 15.5. The topological polar surface area (TPSA) is 29.1 Å². The predicted molar refractivity (Wildman–Crippen MR) is 85.2 cm³/mol. The summed E-state index contributed by atoms with van der Waals surface area (Å²) in [5, 5.41) is 3.64. The first-order chi connectivity index (χ1) is 9.65. The van der Waals surface area contributed by atoms with Gasteiger partial charge in [0.25, 0.3) is 0 Å². The third kappa shape index (κ3) is 4.58. The van der Waals surface area contributed by atoms with Crippen LogP contribution in [0.2, 0.25) is 5.02 Å². The molecule has 0 saturated carbocycles. The molecule has 1 amide bonds. The lowest BCUT2D eigenvalue weighted by Gasteiger charge is -2.07. The molecule has 2 nitrogen and oxygen atoms in total. The van der Waals surface area contributed by atoms with Crippen molar-refractivity contribution >= 4 is 29.3 Å². The monoisotopic (exact) mass is 305 g/mol. The van der Waals surface area contributed by atoms with E-state index in [0.717, 1.165) is 10.5 Å². The van der Waals surface area contributed by atoms with Crippen molar-refractivity contribution in [1.82, 2.24) is 5.32 Å². The van der Waals surface area contributed by atoms with E-state index in [9.17, 15) is 4.79 Å². The van der Waals surface area contributed by atoms with Crippen LogP contribution in [0.15, 0.2) is 53.4 Å². The molecule has 2 rings (SSSR count). The summed E-state index contributed by atoms with van der Waals surface area (Å²) in [4.78, 5) is 12.9. The van der Waals surface area contributed by atoms with Crippen LogP contribution in [-0.2, 0) is 11.3 Å². The maximum atomic E-state index is 11.8. The molecule has 0 fully saturated rings. The summed E-state index contributed by atoms with van der Waals surface area (Å²) in [6.07, 6.45) is 0. The predicted octanol–water partition coefficient (Wildman–Crippen LogP) is 4.06. The molecule has 20 heavy (non-hydrogen) atoms. The number of benzene rings is 2. The fourth-order valence-corrected chi connectivity index (χ4v) is 2.59. The average molecular weight is 306 g/mol. The van der Waals surface area contributed by atoms with Crippen LogP contribution in [0, 0.1) is 6.92 Å². The molecule has 0 aliphatic carbocycles. The van der Waals surface area contributed by atoms with Crippen molar-refractivity contribution in [3.8, 4) is 0 Å². The molecular formula is C16H16ClNOS. The van der Waals surface area contributed by atoms with Crippen LogP contribution in [0.4, 0.5) is 0 Å². The molecule has 0 heterocycles. The lowest BCUT2D eigenvalue weighted by atomic mass is 10.1. The van der Waals surface area contributed by atoms with Crippen LogP contribution in [0.3, 0.4) is 0 Å². The fraction of sp³-hybridized carbons (Fsp3) is 0.188. The summed E-state index contributed by atoms with van der Waals surface area (Å²) < 4.78 is 0. The SMILES string of the molecule is Cc1ccccc1CNC(=O)CSc1ccc(Cl)cc1. The number of nitrogens with one attached hydrogen (secondary N) is 1. The van der Waals surface area contributed by atoms with Crippen LogP contribution in [0.5, 0.6) is 0 Å². The van der Waals surface area contributed by atoms with Crippen LogP contribution in [-0.4, -0.2) is 11.7 Å². The summed E-state index contributed by atoms with van der Waals surface area (Å²) in [6.45, 7) is 2.62. The van der Waals surface area contributed by atoms with Gasteiger partial charge in [0, 0.05) is 16.5 Å². The smallest absolute Gasteiger partial charge is 0.230 e. The maximum Gasteiger partial charge on any atom is 0.230 e. The molecule has 2 aromatic carbocycles. The van der Waals surface area contributed by atoms with Crippen LogP contribution < -0.4 is 5.32 Å². The average Bonchev–Trinajstić information content (AvgIpc) is 2.46. The molecule has 0 atom stereocenters. The van der Waals surface area contributed by atoms with E-state index in [4.69, 9.17) is 11.6 Å². The van der Waals surface area contributed by atoms with Gasteiger partial charge in [-0.05, 0) is 42.3 Å². The summed E-state index contributed by atoms with van der Waals surface area (Å²) in [5.41, 5.74) is 2.34. The Morgan fingerprint density at radius 2 is 1.85 bits per heavy atom. The van der Waals surface area contributed by atoms with E-state index >= 15 is 0 Å². The molecular weight excluding hydrogens is 290 g/mol. The van der Waals surface area contributed by atoms with Gasteiger partial charge in [-0.1, -0.05) is 35.9 Å². The number of amides is 1. The molecule has 0 spiro atoms. The Balaban J connectivity index is 1.78. The van der Waals surface area contributed by atoms with Crippen LogP contribution in [0.25, 0.3) is 0 Å². The summed E-state index contributed by atoms with van der Waals surface area (Å²) >= 11 is 7.32. The molecule has 0 unspecified atom stereocenters. The van der Waals surface area contributed by atoms with Gasteiger partial charge in [-0.15, -0.1) is 11.8 Å². The third-order valence-corrected chi connectivity index (χ3v) is 4.18. The fourth-order valence-electron chi connectivity index (χ4n) is 1.73. The second-order valence-electron chi connectivity index (χ2n) is 4.45. The van der Waals surface area contributed by atoms with Crippen molar-refractivity contribution in [2.75, 3.05) is 5.75 Å². The number of carbonyl (C=O) groups is 1. The number of aryl methyl sites for hydroxylation is 1. The van der Waals surface area contributed by atoms with Gasteiger partial charge in [0.1, 0.15) is 0 Å². The first-order valence-corrected chi connectivity index (χ1v) is 7.71. The Morgan fingerprint density at radius 3 is 2.55 bits per heavy atom. The van der Waals surface area contributed by atoms with E-state index in [0.29, 0.717) is 17.3 Å². The lowest BCUT2D eigenvalue weighted by molar-refractivity contribution is -0.118. The van der Waals surface area contributed by atoms with Crippen molar-refractivity contribution in [2.45, 2.75) is 18.4 Å². The van der Waals surface area contributed by atoms with Gasteiger partial charge in [-0.25, -0.2) is 0 Å². The molecule has 0 aliphatic heterocycles. The van der Waals surface area contributed by atoms with Gasteiger partial charge in [0.05, 0.1) is 5.75 Å². The maximum absolute atomic E-state index is 11.8. The molecule has 1 N–H and O–H groups in total. The number of thioether (sulfide) groups is 1. The van der Waals surface area contributed by atoms with E-state index in [-0.39, 0.29) is 5.91 Å².